The lowest BCUT2D eigenvalue weighted by atomic mass is 10.0. The van der Waals surface area contributed by atoms with Crippen molar-refractivity contribution >= 4 is 0 Å². The van der Waals surface area contributed by atoms with Gasteiger partial charge in [0.2, 0.25) is 0 Å². The minimum atomic E-state index is -4.36. The van der Waals surface area contributed by atoms with Crippen LogP contribution in [-0.2, 0) is 25.7 Å². The smallest absolute Gasteiger partial charge is 0.310 e. The minimum Gasteiger partial charge on any atom is -0.310 e. The van der Waals surface area contributed by atoms with Crippen LogP contribution in [0.3, 0.4) is 0 Å². The highest BCUT2D eigenvalue weighted by Crippen LogP contribution is 2.38. The van der Waals surface area contributed by atoms with Crippen molar-refractivity contribution in [3.8, 4) is 0 Å². The fourth-order valence-electron chi connectivity index (χ4n) is 3.37. The molecule has 1 saturated carbocycles. The highest BCUT2D eigenvalue weighted by atomic mass is 19.4. The van der Waals surface area contributed by atoms with Crippen LogP contribution >= 0.6 is 0 Å². The molecule has 2 aromatic rings. The molecule has 1 aliphatic carbocycles. The first-order valence-corrected chi connectivity index (χ1v) is 8.41. The summed E-state index contributed by atoms with van der Waals surface area (Å²) in [4.78, 5) is 21.6. The van der Waals surface area contributed by atoms with Crippen molar-refractivity contribution in [3.63, 3.8) is 0 Å². The number of benzene rings is 1. The number of aromatic nitrogens is 2. The maximum Gasteiger partial charge on any atom is 0.416 e. The topological polar surface area (TPSA) is 49.0 Å². The fourth-order valence-corrected chi connectivity index (χ4v) is 3.37. The van der Waals surface area contributed by atoms with Crippen LogP contribution in [0.5, 0.6) is 0 Å². The summed E-state index contributed by atoms with van der Waals surface area (Å²) in [6, 6.07) is 5.65. The van der Waals surface area contributed by atoms with E-state index in [1.54, 1.807) is 6.07 Å². The molecule has 4 nitrogen and oxygen atoms in total. The van der Waals surface area contributed by atoms with Gasteiger partial charge in [-0.25, -0.2) is 4.98 Å². The molecule has 2 heterocycles. The number of alkyl halides is 3. The predicted octanol–water partition coefficient (Wildman–Crippen LogP) is 3.22. The molecular weight excluding hydrogens is 331 g/mol. The minimum absolute atomic E-state index is 0.0951. The van der Waals surface area contributed by atoms with Gasteiger partial charge in [0.25, 0.3) is 5.56 Å². The lowest BCUT2D eigenvalue weighted by Gasteiger charge is -2.28. The SMILES string of the molecule is O=c1[nH]c(C2CC2)nc2c1CCN(Cc1ccccc1C(F)(F)F)C2. The van der Waals surface area contributed by atoms with Crippen molar-refractivity contribution in [2.45, 2.75) is 44.4 Å². The lowest BCUT2D eigenvalue weighted by Crippen LogP contribution is -2.35. The summed E-state index contributed by atoms with van der Waals surface area (Å²) >= 11 is 0. The summed E-state index contributed by atoms with van der Waals surface area (Å²) in [6.45, 7) is 1.15. The first kappa shape index (κ1) is 16.3. The zero-order chi connectivity index (χ0) is 17.6. The molecule has 2 aliphatic rings. The van der Waals surface area contributed by atoms with E-state index in [1.165, 1.54) is 12.1 Å². The highest BCUT2D eigenvalue weighted by Gasteiger charge is 2.34. The zero-order valence-electron chi connectivity index (χ0n) is 13.6. The molecule has 1 fully saturated rings. The zero-order valence-corrected chi connectivity index (χ0v) is 13.6. The Hall–Kier alpha value is -2.15. The first-order valence-electron chi connectivity index (χ1n) is 8.41. The monoisotopic (exact) mass is 349 g/mol. The Morgan fingerprint density at radius 2 is 2.00 bits per heavy atom. The highest BCUT2D eigenvalue weighted by molar-refractivity contribution is 5.30. The van der Waals surface area contributed by atoms with Crippen LogP contribution in [0.25, 0.3) is 0 Å². The van der Waals surface area contributed by atoms with Gasteiger partial charge in [-0.3, -0.25) is 9.69 Å². The number of rotatable bonds is 3. The van der Waals surface area contributed by atoms with Crippen LogP contribution in [0.2, 0.25) is 0 Å². The molecule has 4 rings (SSSR count). The molecule has 1 aromatic carbocycles. The molecule has 0 bridgehead atoms. The molecule has 1 aromatic heterocycles. The Kier molecular flexibility index (Phi) is 3.91. The molecule has 0 radical (unpaired) electrons. The van der Waals surface area contributed by atoms with Crippen molar-refractivity contribution in [2.24, 2.45) is 0 Å². The van der Waals surface area contributed by atoms with E-state index in [0.717, 1.165) is 24.7 Å². The van der Waals surface area contributed by atoms with E-state index in [-0.39, 0.29) is 17.7 Å². The van der Waals surface area contributed by atoms with Crippen LogP contribution in [0.15, 0.2) is 29.1 Å². The summed E-state index contributed by atoms with van der Waals surface area (Å²) in [5, 5.41) is 0. The Balaban J connectivity index is 1.58. The molecule has 0 saturated heterocycles. The van der Waals surface area contributed by atoms with E-state index in [0.29, 0.717) is 36.7 Å². The van der Waals surface area contributed by atoms with Gasteiger partial charge in [-0.05, 0) is 30.9 Å². The second-order valence-corrected chi connectivity index (χ2v) is 6.77. The van der Waals surface area contributed by atoms with Crippen LogP contribution in [0, 0.1) is 0 Å². The average molecular weight is 349 g/mol. The van der Waals surface area contributed by atoms with E-state index in [4.69, 9.17) is 0 Å². The number of hydrogen-bond donors (Lipinski definition) is 1. The van der Waals surface area contributed by atoms with Crippen LogP contribution in [0.4, 0.5) is 13.2 Å². The average Bonchev–Trinajstić information content (AvgIpc) is 3.39. The first-order chi connectivity index (χ1) is 11.9. The van der Waals surface area contributed by atoms with Crippen LogP contribution in [-0.4, -0.2) is 21.4 Å². The third kappa shape index (κ3) is 3.33. The molecule has 25 heavy (non-hydrogen) atoms. The van der Waals surface area contributed by atoms with Gasteiger partial charge in [0, 0.05) is 31.1 Å². The number of nitrogens with one attached hydrogen (secondary N) is 1. The Labute approximate surface area is 142 Å². The summed E-state index contributed by atoms with van der Waals surface area (Å²) in [5.74, 6) is 1.06. The lowest BCUT2D eigenvalue weighted by molar-refractivity contribution is -0.138. The van der Waals surface area contributed by atoms with Crippen molar-refractivity contribution in [2.75, 3.05) is 6.54 Å². The Morgan fingerprint density at radius 1 is 1.24 bits per heavy atom. The van der Waals surface area contributed by atoms with Gasteiger partial charge in [-0.1, -0.05) is 18.2 Å². The third-order valence-corrected chi connectivity index (χ3v) is 4.85. The number of halogens is 3. The van der Waals surface area contributed by atoms with Gasteiger partial charge in [0.1, 0.15) is 5.82 Å². The third-order valence-electron chi connectivity index (χ3n) is 4.85. The predicted molar refractivity (Wildman–Crippen MR) is 86.1 cm³/mol. The molecule has 0 amide bonds. The van der Waals surface area contributed by atoms with Crippen LogP contribution < -0.4 is 5.56 Å². The van der Waals surface area contributed by atoms with E-state index in [1.807, 2.05) is 4.90 Å². The maximum absolute atomic E-state index is 13.2. The van der Waals surface area contributed by atoms with Crippen molar-refractivity contribution in [1.29, 1.82) is 0 Å². The standard InChI is InChI=1S/C18H18F3N3O/c19-18(20,21)14-4-2-1-3-12(14)9-24-8-7-13-15(10-24)22-16(11-5-6-11)23-17(13)25/h1-4,11H,5-10H2,(H,22,23,25). The molecule has 7 heteroatoms. The number of aromatic amines is 1. The van der Waals surface area contributed by atoms with Crippen molar-refractivity contribution in [3.05, 3.63) is 62.8 Å². The normalized spacial score (nSPS) is 18.2. The Bertz CT molecular complexity index is 855. The second kappa shape index (κ2) is 5.98. The van der Waals surface area contributed by atoms with Gasteiger partial charge < -0.3 is 4.98 Å². The van der Waals surface area contributed by atoms with Crippen molar-refractivity contribution < 1.29 is 13.2 Å². The quantitative estimate of drug-likeness (QED) is 0.926. The van der Waals surface area contributed by atoms with Gasteiger partial charge in [0.05, 0.1) is 11.3 Å². The summed E-state index contributed by atoms with van der Waals surface area (Å²) in [7, 11) is 0. The van der Waals surface area contributed by atoms with Gasteiger partial charge in [0.15, 0.2) is 0 Å². The molecule has 0 unspecified atom stereocenters. The second-order valence-electron chi connectivity index (χ2n) is 6.77. The van der Waals surface area contributed by atoms with E-state index in [2.05, 4.69) is 9.97 Å². The van der Waals surface area contributed by atoms with E-state index in [9.17, 15) is 18.0 Å². The maximum atomic E-state index is 13.2. The number of fused-ring (bicyclic) bond motifs is 1. The van der Waals surface area contributed by atoms with Gasteiger partial charge >= 0.3 is 6.18 Å². The summed E-state index contributed by atoms with van der Waals surface area (Å²) in [6.07, 6.45) is -1.79. The van der Waals surface area contributed by atoms with E-state index < -0.39 is 11.7 Å². The molecular formula is C18H18F3N3O. The van der Waals surface area contributed by atoms with Crippen molar-refractivity contribution in [1.82, 2.24) is 14.9 Å². The molecule has 1 N–H and O–H groups in total. The molecule has 1 aliphatic heterocycles. The fraction of sp³-hybridized carbons (Fsp3) is 0.444. The molecule has 0 atom stereocenters. The number of hydrogen-bond acceptors (Lipinski definition) is 3. The van der Waals surface area contributed by atoms with Crippen LogP contribution in [0.1, 0.15) is 47.0 Å². The number of H-pyrrole nitrogens is 1. The molecule has 132 valence electrons. The van der Waals surface area contributed by atoms with Gasteiger partial charge in [-0.2, -0.15) is 13.2 Å². The Morgan fingerprint density at radius 3 is 2.72 bits per heavy atom. The molecule has 0 spiro atoms. The summed E-state index contributed by atoms with van der Waals surface area (Å²) < 4.78 is 39.5. The van der Waals surface area contributed by atoms with E-state index >= 15 is 0 Å². The summed E-state index contributed by atoms with van der Waals surface area (Å²) in [5.41, 5.74) is 0.942. The number of nitrogens with zero attached hydrogens (tertiary/aromatic N) is 2. The van der Waals surface area contributed by atoms with Gasteiger partial charge in [-0.15, -0.1) is 0 Å². The largest absolute Gasteiger partial charge is 0.416 e.